The van der Waals surface area contributed by atoms with E-state index in [2.05, 4.69) is 14.9 Å². The smallest absolute Gasteiger partial charge is 0.218 e. The van der Waals surface area contributed by atoms with Crippen LogP contribution in [-0.2, 0) is 0 Å². The van der Waals surface area contributed by atoms with Crippen molar-refractivity contribution >= 4 is 5.82 Å². The summed E-state index contributed by atoms with van der Waals surface area (Å²) in [6.45, 7) is 3.22. The van der Waals surface area contributed by atoms with Gasteiger partial charge in [-0.25, -0.2) is 9.97 Å². The van der Waals surface area contributed by atoms with Crippen LogP contribution in [0.15, 0.2) is 12.4 Å². The molecule has 2 rings (SSSR count). The van der Waals surface area contributed by atoms with Gasteiger partial charge in [0.25, 0.3) is 0 Å². The van der Waals surface area contributed by atoms with E-state index in [1.807, 2.05) is 20.0 Å². The van der Waals surface area contributed by atoms with E-state index in [-0.39, 0.29) is 0 Å². The van der Waals surface area contributed by atoms with E-state index in [0.717, 1.165) is 11.7 Å². The second-order valence-corrected chi connectivity index (χ2v) is 4.40. The third-order valence-electron chi connectivity index (χ3n) is 3.19. The van der Waals surface area contributed by atoms with E-state index in [9.17, 15) is 0 Å². The summed E-state index contributed by atoms with van der Waals surface area (Å²) in [6, 6.07) is 2.24. The molecular weight excluding hydrogens is 216 g/mol. The lowest BCUT2D eigenvalue weighted by Crippen LogP contribution is -2.40. The third-order valence-corrected chi connectivity index (χ3v) is 3.19. The van der Waals surface area contributed by atoms with Crippen molar-refractivity contribution in [2.75, 3.05) is 25.1 Å². The first kappa shape index (κ1) is 12.1. The fraction of sp³-hybridized carbons (Fsp3) is 0.667. The van der Waals surface area contributed by atoms with Crippen LogP contribution in [0.4, 0.5) is 5.82 Å². The maximum atomic E-state index is 5.83. The summed E-state index contributed by atoms with van der Waals surface area (Å²) >= 11 is 0. The Labute approximate surface area is 102 Å². The highest BCUT2D eigenvalue weighted by Gasteiger charge is 2.33. The molecule has 1 saturated carbocycles. The van der Waals surface area contributed by atoms with Crippen molar-refractivity contribution in [3.63, 3.8) is 0 Å². The van der Waals surface area contributed by atoms with Gasteiger partial charge in [0.15, 0.2) is 0 Å². The number of hydrogen-bond acceptors (Lipinski definition) is 5. The van der Waals surface area contributed by atoms with Crippen molar-refractivity contribution in [3.8, 4) is 5.88 Å². The molecule has 0 aromatic carbocycles. The molecule has 17 heavy (non-hydrogen) atoms. The fourth-order valence-electron chi connectivity index (χ4n) is 2.07. The molecule has 1 aliphatic carbocycles. The highest BCUT2D eigenvalue weighted by molar-refractivity contribution is 5.41. The summed E-state index contributed by atoms with van der Waals surface area (Å²) < 4.78 is 5.38. The predicted molar refractivity (Wildman–Crippen MR) is 67.2 cm³/mol. The van der Waals surface area contributed by atoms with Crippen molar-refractivity contribution in [2.24, 2.45) is 11.7 Å². The molecule has 5 nitrogen and oxygen atoms in total. The van der Waals surface area contributed by atoms with Crippen molar-refractivity contribution in [1.82, 2.24) is 9.97 Å². The van der Waals surface area contributed by atoms with Gasteiger partial charge in [0.1, 0.15) is 12.1 Å². The zero-order valence-electron chi connectivity index (χ0n) is 10.5. The monoisotopic (exact) mass is 236 g/mol. The normalized spacial score (nSPS) is 16.6. The van der Waals surface area contributed by atoms with E-state index in [0.29, 0.717) is 25.1 Å². The van der Waals surface area contributed by atoms with Crippen LogP contribution < -0.4 is 15.4 Å². The van der Waals surface area contributed by atoms with E-state index < -0.39 is 0 Å². The molecular formula is C12H20N4O. The number of nitrogens with zero attached hydrogens (tertiary/aromatic N) is 3. The Morgan fingerprint density at radius 3 is 2.88 bits per heavy atom. The van der Waals surface area contributed by atoms with Gasteiger partial charge in [0.2, 0.25) is 5.88 Å². The highest BCUT2D eigenvalue weighted by atomic mass is 16.5. The van der Waals surface area contributed by atoms with Crippen LogP contribution in [-0.4, -0.2) is 36.2 Å². The Bertz CT molecular complexity index is 367. The van der Waals surface area contributed by atoms with Gasteiger partial charge < -0.3 is 15.4 Å². The second-order valence-electron chi connectivity index (χ2n) is 4.40. The minimum Gasteiger partial charge on any atom is -0.478 e. The van der Waals surface area contributed by atoms with Crippen molar-refractivity contribution in [3.05, 3.63) is 12.4 Å². The Balaban J connectivity index is 2.11. The van der Waals surface area contributed by atoms with E-state index in [1.54, 1.807) is 0 Å². The quantitative estimate of drug-likeness (QED) is 0.799. The van der Waals surface area contributed by atoms with Crippen molar-refractivity contribution < 1.29 is 4.74 Å². The van der Waals surface area contributed by atoms with Gasteiger partial charge in [-0.1, -0.05) is 0 Å². The molecule has 0 aliphatic heterocycles. The Kier molecular flexibility index (Phi) is 3.78. The molecule has 1 aliphatic rings. The van der Waals surface area contributed by atoms with Gasteiger partial charge in [-0.15, -0.1) is 0 Å². The lowest BCUT2D eigenvalue weighted by molar-refractivity contribution is 0.326. The molecule has 1 atom stereocenters. The molecule has 1 aromatic heterocycles. The topological polar surface area (TPSA) is 64.3 Å². The third kappa shape index (κ3) is 2.85. The maximum Gasteiger partial charge on any atom is 0.218 e. The molecule has 1 aromatic rings. The minimum absolute atomic E-state index is 0.374. The van der Waals surface area contributed by atoms with E-state index in [4.69, 9.17) is 10.5 Å². The summed E-state index contributed by atoms with van der Waals surface area (Å²) in [5.74, 6) is 2.22. The lowest BCUT2D eigenvalue weighted by atomic mass is 10.1. The Morgan fingerprint density at radius 2 is 2.29 bits per heavy atom. The number of anilines is 1. The van der Waals surface area contributed by atoms with Crippen LogP contribution in [0.2, 0.25) is 0 Å². The number of aromatic nitrogens is 2. The molecule has 0 amide bonds. The number of nitrogens with two attached hydrogens (primary N) is 1. The largest absolute Gasteiger partial charge is 0.478 e. The van der Waals surface area contributed by atoms with Crippen LogP contribution in [0.25, 0.3) is 0 Å². The molecule has 1 heterocycles. The van der Waals surface area contributed by atoms with Crippen molar-refractivity contribution in [2.45, 2.75) is 25.8 Å². The summed E-state index contributed by atoms with van der Waals surface area (Å²) in [4.78, 5) is 10.5. The molecule has 2 N–H and O–H groups in total. The zero-order chi connectivity index (χ0) is 12.3. The molecule has 1 fully saturated rings. The maximum absolute atomic E-state index is 5.83. The second kappa shape index (κ2) is 5.31. The van der Waals surface area contributed by atoms with Gasteiger partial charge >= 0.3 is 0 Å². The first-order valence-corrected chi connectivity index (χ1v) is 6.14. The SMILES string of the molecule is CCOc1cc(N(C)C(CN)C2CC2)ncn1. The number of rotatable bonds is 6. The summed E-state index contributed by atoms with van der Waals surface area (Å²) in [6.07, 6.45) is 4.09. The van der Waals surface area contributed by atoms with E-state index >= 15 is 0 Å². The fourth-order valence-corrected chi connectivity index (χ4v) is 2.07. The number of ether oxygens (including phenoxy) is 1. The van der Waals surface area contributed by atoms with Gasteiger partial charge in [-0.2, -0.15) is 0 Å². The molecule has 94 valence electrons. The molecule has 0 spiro atoms. The summed E-state index contributed by atoms with van der Waals surface area (Å²) in [5.41, 5.74) is 5.83. The molecule has 0 saturated heterocycles. The molecule has 0 radical (unpaired) electrons. The summed E-state index contributed by atoms with van der Waals surface area (Å²) in [7, 11) is 2.04. The van der Waals surface area contributed by atoms with Crippen LogP contribution in [0.5, 0.6) is 5.88 Å². The Hall–Kier alpha value is -1.36. The van der Waals surface area contributed by atoms with Gasteiger partial charge in [-0.3, -0.25) is 0 Å². The average Bonchev–Trinajstić information content (AvgIpc) is 3.15. The van der Waals surface area contributed by atoms with Crippen LogP contribution in [0.1, 0.15) is 19.8 Å². The molecule has 5 heteroatoms. The zero-order valence-corrected chi connectivity index (χ0v) is 10.5. The van der Waals surface area contributed by atoms with Crippen LogP contribution in [0.3, 0.4) is 0 Å². The lowest BCUT2D eigenvalue weighted by Gasteiger charge is -2.28. The number of hydrogen-bond donors (Lipinski definition) is 1. The minimum atomic E-state index is 0.374. The summed E-state index contributed by atoms with van der Waals surface area (Å²) in [5, 5.41) is 0. The van der Waals surface area contributed by atoms with Crippen LogP contribution >= 0.6 is 0 Å². The highest BCUT2D eigenvalue weighted by Crippen LogP contribution is 2.35. The van der Waals surface area contributed by atoms with E-state index in [1.165, 1.54) is 19.2 Å². The number of likely N-dealkylation sites (N-methyl/N-ethyl adjacent to an activating group) is 1. The molecule has 0 bridgehead atoms. The average molecular weight is 236 g/mol. The van der Waals surface area contributed by atoms with Gasteiger partial charge in [0.05, 0.1) is 6.61 Å². The first-order chi connectivity index (χ1) is 8.26. The van der Waals surface area contributed by atoms with Crippen LogP contribution in [0, 0.1) is 5.92 Å². The van der Waals surface area contributed by atoms with Crippen molar-refractivity contribution in [1.29, 1.82) is 0 Å². The predicted octanol–water partition coefficient (Wildman–Crippen LogP) is 1.05. The first-order valence-electron chi connectivity index (χ1n) is 6.14. The Morgan fingerprint density at radius 1 is 1.53 bits per heavy atom. The molecule has 1 unspecified atom stereocenters. The van der Waals surface area contributed by atoms with Gasteiger partial charge in [0, 0.05) is 25.7 Å². The standard InChI is InChI=1S/C12H20N4O/c1-3-17-12-6-11(14-8-15-12)16(2)10(7-13)9-4-5-9/h6,8-10H,3-5,7,13H2,1-2H3. The van der Waals surface area contributed by atoms with Gasteiger partial charge in [-0.05, 0) is 25.7 Å².